The van der Waals surface area contributed by atoms with Crippen LogP contribution < -0.4 is 14.8 Å². The second kappa shape index (κ2) is 9.29. The van der Waals surface area contributed by atoms with E-state index >= 15 is 0 Å². The first-order chi connectivity index (χ1) is 14.0. The number of halogens is 1. The molecule has 1 aromatic heterocycles. The number of amides is 2. The number of rotatable bonds is 7. The van der Waals surface area contributed by atoms with Gasteiger partial charge in [0.25, 0.3) is 5.89 Å². The van der Waals surface area contributed by atoms with Crippen molar-refractivity contribution in [1.29, 1.82) is 0 Å². The lowest BCUT2D eigenvalue weighted by Crippen LogP contribution is -2.33. The Morgan fingerprint density at radius 2 is 1.93 bits per heavy atom. The van der Waals surface area contributed by atoms with Crippen LogP contribution in [-0.4, -0.2) is 48.9 Å². The lowest BCUT2D eigenvalue weighted by molar-refractivity contribution is 0.222. The summed E-state index contributed by atoms with van der Waals surface area (Å²) < 4.78 is 15.7. The number of carbonyl (C=O) groups excluding carboxylic acids is 1. The number of aromatic nitrogens is 2. The molecule has 0 spiro atoms. The van der Waals surface area contributed by atoms with Gasteiger partial charge in [-0.3, -0.25) is 0 Å². The number of hydrogen-bond acceptors (Lipinski definition) is 6. The fourth-order valence-corrected chi connectivity index (χ4v) is 2.67. The second-order valence-corrected chi connectivity index (χ2v) is 6.63. The first-order valence-corrected chi connectivity index (χ1v) is 9.20. The lowest BCUT2D eigenvalue weighted by Gasteiger charge is -2.18. The van der Waals surface area contributed by atoms with Crippen LogP contribution in [0.1, 0.15) is 5.82 Å². The van der Waals surface area contributed by atoms with Crippen LogP contribution in [0.25, 0.3) is 11.5 Å². The lowest BCUT2D eigenvalue weighted by atomic mass is 10.2. The summed E-state index contributed by atoms with van der Waals surface area (Å²) in [6.07, 6.45) is 0.445. The number of nitrogens with one attached hydrogen (secondary N) is 1. The highest BCUT2D eigenvalue weighted by Crippen LogP contribution is 2.29. The average Bonchev–Trinajstić information content (AvgIpc) is 3.21. The highest BCUT2D eigenvalue weighted by atomic mass is 35.5. The quantitative estimate of drug-likeness (QED) is 0.623. The van der Waals surface area contributed by atoms with Gasteiger partial charge in [0, 0.05) is 36.7 Å². The van der Waals surface area contributed by atoms with Crippen LogP contribution in [0.5, 0.6) is 11.5 Å². The first kappa shape index (κ1) is 20.5. The van der Waals surface area contributed by atoms with E-state index in [-0.39, 0.29) is 6.03 Å². The molecular formula is C20H21ClN4O4. The molecule has 0 bridgehead atoms. The summed E-state index contributed by atoms with van der Waals surface area (Å²) in [5.74, 6) is 2.07. The van der Waals surface area contributed by atoms with E-state index in [9.17, 15) is 4.79 Å². The third-order valence-electron chi connectivity index (χ3n) is 4.23. The summed E-state index contributed by atoms with van der Waals surface area (Å²) in [6.45, 7) is 0.407. The topological polar surface area (TPSA) is 89.7 Å². The van der Waals surface area contributed by atoms with Crippen LogP contribution in [0.3, 0.4) is 0 Å². The number of likely N-dealkylation sites (N-methyl/N-ethyl adjacent to an activating group) is 1. The molecule has 1 heterocycles. The number of ether oxygens (including phenoxy) is 2. The smallest absolute Gasteiger partial charge is 0.321 e. The van der Waals surface area contributed by atoms with E-state index in [0.29, 0.717) is 46.9 Å². The molecule has 152 valence electrons. The maximum Gasteiger partial charge on any atom is 0.321 e. The molecule has 0 aliphatic heterocycles. The van der Waals surface area contributed by atoms with E-state index < -0.39 is 0 Å². The van der Waals surface area contributed by atoms with Gasteiger partial charge in [-0.25, -0.2) is 4.79 Å². The van der Waals surface area contributed by atoms with Gasteiger partial charge in [-0.05, 0) is 36.4 Å². The highest BCUT2D eigenvalue weighted by Gasteiger charge is 2.15. The van der Waals surface area contributed by atoms with E-state index in [1.807, 2.05) is 0 Å². The summed E-state index contributed by atoms with van der Waals surface area (Å²) in [5.41, 5.74) is 1.33. The zero-order valence-electron chi connectivity index (χ0n) is 16.3. The molecule has 2 amide bonds. The predicted molar refractivity (Wildman–Crippen MR) is 110 cm³/mol. The highest BCUT2D eigenvalue weighted by molar-refractivity contribution is 6.30. The molecule has 9 heteroatoms. The van der Waals surface area contributed by atoms with Gasteiger partial charge < -0.3 is 24.2 Å². The third kappa shape index (κ3) is 5.17. The third-order valence-corrected chi connectivity index (χ3v) is 4.48. The van der Waals surface area contributed by atoms with Crippen LogP contribution in [0.2, 0.25) is 5.02 Å². The zero-order valence-corrected chi connectivity index (χ0v) is 17.1. The number of hydrogen-bond donors (Lipinski definition) is 1. The van der Waals surface area contributed by atoms with E-state index in [1.54, 1.807) is 56.6 Å². The molecule has 3 aromatic rings. The first-order valence-electron chi connectivity index (χ1n) is 8.83. The van der Waals surface area contributed by atoms with Crippen LogP contribution in [0.15, 0.2) is 47.0 Å². The van der Waals surface area contributed by atoms with Crippen molar-refractivity contribution in [3.05, 3.63) is 53.3 Å². The Kier molecular flexibility index (Phi) is 6.56. The van der Waals surface area contributed by atoms with Gasteiger partial charge in [-0.2, -0.15) is 4.98 Å². The van der Waals surface area contributed by atoms with E-state index in [0.717, 1.165) is 5.56 Å². The van der Waals surface area contributed by atoms with Gasteiger partial charge in [-0.1, -0.05) is 16.8 Å². The van der Waals surface area contributed by atoms with E-state index in [1.165, 1.54) is 12.0 Å². The minimum absolute atomic E-state index is 0.283. The Morgan fingerprint density at radius 3 is 2.62 bits per heavy atom. The average molecular weight is 417 g/mol. The molecule has 3 rings (SSSR count). The molecule has 0 atom stereocenters. The standard InChI is InChI=1S/C20H21ClN4O4/c1-25(20(26)22-16-9-8-15(27-2)12-17(16)28-3)11-10-18-23-19(29-24-18)13-4-6-14(21)7-5-13/h4-9,12H,10-11H2,1-3H3,(H,22,26). The summed E-state index contributed by atoms with van der Waals surface area (Å²) in [4.78, 5) is 18.4. The molecule has 2 aromatic carbocycles. The number of benzene rings is 2. The Bertz CT molecular complexity index is 975. The molecule has 0 radical (unpaired) electrons. The fraction of sp³-hybridized carbons (Fsp3) is 0.250. The van der Waals surface area contributed by atoms with E-state index in [4.69, 9.17) is 25.6 Å². The van der Waals surface area contributed by atoms with Crippen molar-refractivity contribution in [3.8, 4) is 23.0 Å². The van der Waals surface area contributed by atoms with Gasteiger partial charge in [0.1, 0.15) is 11.5 Å². The number of carbonyl (C=O) groups is 1. The molecule has 0 aliphatic carbocycles. The van der Waals surface area contributed by atoms with Gasteiger partial charge in [-0.15, -0.1) is 0 Å². The molecule has 0 saturated carbocycles. The Hall–Kier alpha value is -3.26. The van der Waals surface area contributed by atoms with Crippen molar-refractivity contribution in [3.63, 3.8) is 0 Å². The van der Waals surface area contributed by atoms with Crippen molar-refractivity contribution < 1.29 is 18.8 Å². The molecule has 0 saturated heterocycles. The number of methoxy groups -OCH3 is 2. The second-order valence-electron chi connectivity index (χ2n) is 6.19. The molecule has 0 fully saturated rings. The van der Waals surface area contributed by atoms with Crippen molar-refractivity contribution in [1.82, 2.24) is 15.0 Å². The monoisotopic (exact) mass is 416 g/mol. The van der Waals surface area contributed by atoms with Crippen molar-refractivity contribution >= 4 is 23.3 Å². The summed E-state index contributed by atoms with van der Waals surface area (Å²) >= 11 is 5.89. The van der Waals surface area contributed by atoms with Gasteiger partial charge in [0.2, 0.25) is 0 Å². The summed E-state index contributed by atoms with van der Waals surface area (Å²) in [6, 6.07) is 12.0. The minimum Gasteiger partial charge on any atom is -0.497 e. The minimum atomic E-state index is -0.283. The summed E-state index contributed by atoms with van der Waals surface area (Å²) in [5, 5.41) is 7.41. The van der Waals surface area contributed by atoms with Gasteiger partial charge in [0.05, 0.1) is 19.9 Å². The maximum atomic E-state index is 12.5. The maximum absolute atomic E-state index is 12.5. The fourth-order valence-electron chi connectivity index (χ4n) is 2.55. The number of anilines is 1. The van der Waals surface area contributed by atoms with E-state index in [2.05, 4.69) is 15.5 Å². The van der Waals surface area contributed by atoms with Gasteiger partial charge >= 0.3 is 6.03 Å². The molecule has 1 N–H and O–H groups in total. The normalized spacial score (nSPS) is 10.5. The molecule has 0 aliphatic rings. The Balaban J connectivity index is 1.57. The van der Waals surface area contributed by atoms with Crippen molar-refractivity contribution in [2.75, 3.05) is 33.1 Å². The SMILES string of the molecule is COc1ccc(NC(=O)N(C)CCc2noc(-c3ccc(Cl)cc3)n2)c(OC)c1. The van der Waals surface area contributed by atoms with Crippen LogP contribution in [0, 0.1) is 0 Å². The van der Waals surface area contributed by atoms with Crippen molar-refractivity contribution in [2.24, 2.45) is 0 Å². The van der Waals surface area contributed by atoms with Crippen LogP contribution in [0.4, 0.5) is 10.5 Å². The zero-order chi connectivity index (χ0) is 20.8. The summed E-state index contributed by atoms with van der Waals surface area (Å²) in [7, 11) is 4.78. The molecule has 0 unspecified atom stereocenters. The number of urea groups is 1. The number of nitrogens with zero attached hydrogens (tertiary/aromatic N) is 3. The molecular weight excluding hydrogens is 396 g/mol. The van der Waals surface area contributed by atoms with Crippen LogP contribution in [-0.2, 0) is 6.42 Å². The predicted octanol–water partition coefficient (Wildman–Crippen LogP) is 4.11. The largest absolute Gasteiger partial charge is 0.497 e. The Labute approximate surface area is 173 Å². The molecule has 8 nitrogen and oxygen atoms in total. The van der Waals surface area contributed by atoms with Crippen LogP contribution >= 0.6 is 11.6 Å². The Morgan fingerprint density at radius 1 is 1.17 bits per heavy atom. The van der Waals surface area contributed by atoms with Gasteiger partial charge in [0.15, 0.2) is 5.82 Å². The van der Waals surface area contributed by atoms with Crippen molar-refractivity contribution in [2.45, 2.75) is 6.42 Å². The molecule has 29 heavy (non-hydrogen) atoms.